The van der Waals surface area contributed by atoms with Crippen molar-refractivity contribution < 1.29 is 13.2 Å². The van der Waals surface area contributed by atoms with Crippen molar-refractivity contribution in [3.63, 3.8) is 0 Å². The Morgan fingerprint density at radius 2 is 2.00 bits per heavy atom. The molecule has 0 spiro atoms. The second-order valence-corrected chi connectivity index (χ2v) is 5.91. The zero-order valence-corrected chi connectivity index (χ0v) is 12.5. The number of nitrogens with zero attached hydrogens (tertiary/aromatic N) is 1. The molecule has 1 heterocycles. The molecule has 3 nitrogen and oxygen atoms in total. The maximum Gasteiger partial charge on any atom is 0.433 e. The van der Waals surface area contributed by atoms with Crippen LogP contribution in [0.5, 0.6) is 0 Å². The van der Waals surface area contributed by atoms with E-state index in [2.05, 4.69) is 17.2 Å². The number of hydrogen-bond donors (Lipinski definition) is 2. The largest absolute Gasteiger partial charge is 0.433 e. The van der Waals surface area contributed by atoms with Gasteiger partial charge in [0.15, 0.2) is 0 Å². The molecule has 1 saturated carbocycles. The van der Waals surface area contributed by atoms with Gasteiger partial charge in [-0.15, -0.1) is 0 Å². The van der Waals surface area contributed by atoms with Crippen LogP contribution in [0.25, 0.3) is 0 Å². The van der Waals surface area contributed by atoms with Crippen molar-refractivity contribution in [1.82, 2.24) is 4.98 Å². The summed E-state index contributed by atoms with van der Waals surface area (Å²) in [5.41, 5.74) is 5.00. The summed E-state index contributed by atoms with van der Waals surface area (Å²) < 4.78 is 38.4. The van der Waals surface area contributed by atoms with Crippen molar-refractivity contribution in [1.29, 1.82) is 0 Å². The van der Waals surface area contributed by atoms with Gasteiger partial charge in [0.2, 0.25) is 0 Å². The van der Waals surface area contributed by atoms with E-state index >= 15 is 0 Å². The molecule has 0 aliphatic heterocycles. The summed E-state index contributed by atoms with van der Waals surface area (Å²) in [6.07, 6.45) is -0.306. The average molecular weight is 317 g/mol. The third-order valence-electron chi connectivity index (χ3n) is 3.88. The number of pyridine rings is 1. The van der Waals surface area contributed by atoms with Gasteiger partial charge in [-0.05, 0) is 30.9 Å². The molecule has 0 radical (unpaired) electrons. The molecule has 116 valence electrons. The third-order valence-corrected chi connectivity index (χ3v) is 4.10. The minimum Gasteiger partial charge on any atom is -0.389 e. The summed E-state index contributed by atoms with van der Waals surface area (Å²) in [4.78, 5) is 3.73. The minimum atomic E-state index is -4.48. The highest BCUT2D eigenvalue weighted by molar-refractivity contribution is 7.80. The maximum atomic E-state index is 12.8. The molecular formula is C14H18F3N3S. The summed E-state index contributed by atoms with van der Waals surface area (Å²) in [6, 6.07) is 2.29. The molecule has 3 N–H and O–H groups in total. The Labute approximate surface area is 127 Å². The number of hydrogen-bond acceptors (Lipinski definition) is 3. The lowest BCUT2D eigenvalue weighted by molar-refractivity contribution is -0.141. The van der Waals surface area contributed by atoms with E-state index in [1.807, 2.05) is 0 Å². The van der Waals surface area contributed by atoms with Crippen molar-refractivity contribution in [2.45, 2.75) is 44.8 Å². The zero-order valence-electron chi connectivity index (χ0n) is 11.7. The smallest absolute Gasteiger partial charge is 0.389 e. The predicted molar refractivity (Wildman–Crippen MR) is 80.2 cm³/mol. The van der Waals surface area contributed by atoms with Gasteiger partial charge in [0.05, 0.1) is 5.56 Å². The Bertz CT molecular complexity index is 531. The molecule has 1 aromatic rings. The number of thiocarbonyl (C=S) groups is 1. The van der Waals surface area contributed by atoms with Crippen LogP contribution in [-0.4, -0.2) is 16.0 Å². The molecule has 0 bridgehead atoms. The Morgan fingerprint density at radius 3 is 2.57 bits per heavy atom. The molecular weight excluding hydrogens is 299 g/mol. The molecule has 1 aliphatic rings. The van der Waals surface area contributed by atoms with E-state index in [9.17, 15) is 13.2 Å². The molecule has 7 heteroatoms. The highest BCUT2D eigenvalue weighted by atomic mass is 32.1. The third kappa shape index (κ3) is 3.84. The summed E-state index contributed by atoms with van der Waals surface area (Å²) >= 11 is 4.90. The molecule has 2 rings (SSSR count). The lowest BCUT2D eigenvalue weighted by atomic mass is 9.86. The van der Waals surface area contributed by atoms with Crippen LogP contribution in [-0.2, 0) is 6.18 Å². The van der Waals surface area contributed by atoms with Gasteiger partial charge in [-0.25, -0.2) is 4.98 Å². The number of aromatic nitrogens is 1. The van der Waals surface area contributed by atoms with E-state index in [0.717, 1.165) is 31.7 Å². The normalized spacial score (nSPS) is 22.9. The molecule has 21 heavy (non-hydrogen) atoms. The van der Waals surface area contributed by atoms with Crippen molar-refractivity contribution in [2.24, 2.45) is 11.7 Å². The Morgan fingerprint density at radius 1 is 1.33 bits per heavy atom. The fourth-order valence-corrected chi connectivity index (χ4v) is 2.80. The van der Waals surface area contributed by atoms with E-state index in [0.29, 0.717) is 11.5 Å². The van der Waals surface area contributed by atoms with Crippen LogP contribution in [0.3, 0.4) is 0 Å². The van der Waals surface area contributed by atoms with E-state index in [1.165, 1.54) is 6.07 Å². The van der Waals surface area contributed by atoms with Gasteiger partial charge in [0, 0.05) is 6.04 Å². The predicted octanol–water partition coefficient (Wildman–Crippen LogP) is 3.73. The first kappa shape index (κ1) is 16.0. The topological polar surface area (TPSA) is 50.9 Å². The summed E-state index contributed by atoms with van der Waals surface area (Å²) in [5.74, 6) is 0.519. The van der Waals surface area contributed by atoms with Gasteiger partial charge < -0.3 is 11.1 Å². The van der Waals surface area contributed by atoms with Crippen LogP contribution in [0, 0.1) is 5.92 Å². The van der Waals surface area contributed by atoms with Crippen molar-refractivity contribution in [3.05, 3.63) is 23.4 Å². The van der Waals surface area contributed by atoms with Gasteiger partial charge in [-0.1, -0.05) is 32.0 Å². The first-order valence-corrected chi connectivity index (χ1v) is 7.34. The van der Waals surface area contributed by atoms with Crippen LogP contribution in [0.4, 0.5) is 19.0 Å². The average Bonchev–Trinajstić information content (AvgIpc) is 2.40. The van der Waals surface area contributed by atoms with Crippen molar-refractivity contribution >= 4 is 23.0 Å². The van der Waals surface area contributed by atoms with Crippen LogP contribution in [0.2, 0.25) is 0 Å². The zero-order chi connectivity index (χ0) is 15.6. The van der Waals surface area contributed by atoms with Crippen molar-refractivity contribution in [2.75, 3.05) is 5.32 Å². The van der Waals surface area contributed by atoms with Gasteiger partial charge in [0.25, 0.3) is 0 Å². The molecule has 2 atom stereocenters. The summed E-state index contributed by atoms with van der Waals surface area (Å²) in [5, 5.41) is 3.11. The van der Waals surface area contributed by atoms with Crippen LogP contribution >= 0.6 is 12.2 Å². The maximum absolute atomic E-state index is 12.8. The van der Waals surface area contributed by atoms with Gasteiger partial charge >= 0.3 is 6.18 Å². The van der Waals surface area contributed by atoms with E-state index in [1.54, 1.807) is 0 Å². The number of nitrogens with one attached hydrogen (secondary N) is 1. The van der Waals surface area contributed by atoms with Crippen LogP contribution < -0.4 is 11.1 Å². The number of nitrogens with two attached hydrogens (primary N) is 1. The molecule has 1 aromatic heterocycles. The molecule has 1 fully saturated rings. The highest BCUT2D eigenvalue weighted by Gasteiger charge is 2.33. The highest BCUT2D eigenvalue weighted by Crippen LogP contribution is 2.31. The summed E-state index contributed by atoms with van der Waals surface area (Å²) in [6.45, 7) is 2.09. The van der Waals surface area contributed by atoms with E-state index < -0.39 is 11.9 Å². The molecule has 0 aromatic carbocycles. The number of anilines is 1. The Balaban J connectivity index is 2.32. The van der Waals surface area contributed by atoms with Gasteiger partial charge in [-0.2, -0.15) is 13.2 Å². The Hall–Kier alpha value is -1.37. The minimum absolute atomic E-state index is 0.0437. The number of halogens is 3. The second kappa shape index (κ2) is 6.17. The van der Waals surface area contributed by atoms with Gasteiger partial charge in [0.1, 0.15) is 16.5 Å². The molecule has 2 unspecified atom stereocenters. The molecule has 1 aliphatic carbocycles. The monoisotopic (exact) mass is 317 g/mol. The van der Waals surface area contributed by atoms with Crippen LogP contribution in [0.1, 0.15) is 43.9 Å². The fraction of sp³-hybridized carbons (Fsp3) is 0.571. The fourth-order valence-electron chi connectivity index (χ4n) is 2.63. The first-order chi connectivity index (χ1) is 9.79. The van der Waals surface area contributed by atoms with Crippen LogP contribution in [0.15, 0.2) is 12.1 Å². The molecule has 0 saturated heterocycles. The van der Waals surface area contributed by atoms with Crippen molar-refractivity contribution in [3.8, 4) is 0 Å². The van der Waals surface area contributed by atoms with Gasteiger partial charge in [-0.3, -0.25) is 0 Å². The number of rotatable bonds is 3. The number of alkyl halides is 3. The standard InChI is InChI=1S/C14H18F3N3S/c1-8-4-2-3-5-10(8)19-13-9(12(18)21)6-7-11(20-13)14(15,16)17/h6-8,10H,2-5H2,1H3,(H2,18,21)(H,19,20). The quantitative estimate of drug-likeness (QED) is 0.834. The van der Waals surface area contributed by atoms with E-state index in [-0.39, 0.29) is 16.8 Å². The summed E-state index contributed by atoms with van der Waals surface area (Å²) in [7, 11) is 0. The second-order valence-electron chi connectivity index (χ2n) is 5.47. The lowest BCUT2D eigenvalue weighted by Crippen LogP contribution is -2.32. The SMILES string of the molecule is CC1CCCCC1Nc1nc(C(F)(F)F)ccc1C(N)=S. The Kier molecular flexibility index (Phi) is 4.70. The first-order valence-electron chi connectivity index (χ1n) is 6.93. The molecule has 0 amide bonds. The van der Waals surface area contributed by atoms with E-state index in [4.69, 9.17) is 18.0 Å². The lowest BCUT2D eigenvalue weighted by Gasteiger charge is -2.30.